The van der Waals surface area contributed by atoms with E-state index in [0.717, 1.165) is 36.9 Å². The van der Waals surface area contributed by atoms with Crippen molar-refractivity contribution in [3.63, 3.8) is 0 Å². The number of aryl methyl sites for hydroxylation is 1. The van der Waals surface area contributed by atoms with Crippen LogP contribution in [0.3, 0.4) is 0 Å². The second kappa shape index (κ2) is 6.00. The van der Waals surface area contributed by atoms with E-state index in [-0.39, 0.29) is 0 Å². The summed E-state index contributed by atoms with van der Waals surface area (Å²) in [7, 11) is 0. The van der Waals surface area contributed by atoms with E-state index in [0.29, 0.717) is 11.7 Å². The van der Waals surface area contributed by atoms with Crippen LogP contribution in [0, 0.1) is 12.8 Å². The number of rotatable bonds is 4. The van der Waals surface area contributed by atoms with Gasteiger partial charge in [-0.05, 0) is 50.9 Å². The smallest absolute Gasteiger partial charge is 0.259 e. The minimum atomic E-state index is 0.514. The molecular weight excluding hydrogens is 254 g/mol. The van der Waals surface area contributed by atoms with E-state index >= 15 is 0 Å². The molecule has 20 heavy (non-hydrogen) atoms. The number of aromatic nitrogens is 3. The summed E-state index contributed by atoms with van der Waals surface area (Å²) in [5.41, 5.74) is 0.845. The van der Waals surface area contributed by atoms with Gasteiger partial charge in [0.2, 0.25) is 0 Å². The summed E-state index contributed by atoms with van der Waals surface area (Å²) in [6.45, 7) is 5.02. The molecule has 2 N–H and O–H groups in total. The van der Waals surface area contributed by atoms with Crippen molar-refractivity contribution in [1.29, 1.82) is 0 Å². The Kier molecular flexibility index (Phi) is 3.92. The third-order valence-electron chi connectivity index (χ3n) is 3.57. The van der Waals surface area contributed by atoms with E-state index in [9.17, 15) is 0 Å². The van der Waals surface area contributed by atoms with Gasteiger partial charge in [0.1, 0.15) is 5.82 Å². The Morgan fingerprint density at radius 3 is 2.85 bits per heavy atom. The predicted molar refractivity (Wildman–Crippen MR) is 76.3 cm³/mol. The predicted octanol–water partition coefficient (Wildman–Crippen LogP) is 1.85. The normalized spacial score (nSPS) is 16.2. The lowest BCUT2D eigenvalue weighted by molar-refractivity contribution is 0.389. The SMILES string of the molecule is Cc1noc(-c2ccc(NCC3CCNCC3)nc2)n1. The standard InChI is InChI=1S/C14H19N5O/c1-10-18-14(20-19-10)12-2-3-13(17-9-12)16-8-11-4-6-15-7-5-11/h2-3,9,11,15H,4-8H2,1H3,(H,16,17). The molecule has 3 rings (SSSR count). The monoisotopic (exact) mass is 273 g/mol. The maximum absolute atomic E-state index is 5.12. The van der Waals surface area contributed by atoms with Gasteiger partial charge in [-0.1, -0.05) is 5.16 Å². The van der Waals surface area contributed by atoms with Crippen molar-refractivity contribution in [3.8, 4) is 11.5 Å². The van der Waals surface area contributed by atoms with Crippen LogP contribution >= 0.6 is 0 Å². The molecular formula is C14H19N5O. The van der Waals surface area contributed by atoms with E-state index < -0.39 is 0 Å². The number of anilines is 1. The topological polar surface area (TPSA) is 75.9 Å². The Bertz CT molecular complexity index is 545. The first-order chi connectivity index (χ1) is 9.81. The molecule has 0 unspecified atom stereocenters. The second-order valence-corrected chi connectivity index (χ2v) is 5.15. The summed E-state index contributed by atoms with van der Waals surface area (Å²) in [5, 5.41) is 10.5. The van der Waals surface area contributed by atoms with Crippen molar-refractivity contribution in [2.24, 2.45) is 5.92 Å². The molecule has 3 heterocycles. The number of hydrogen-bond acceptors (Lipinski definition) is 6. The summed E-state index contributed by atoms with van der Waals surface area (Å²) >= 11 is 0. The van der Waals surface area contributed by atoms with Crippen LogP contribution in [0.4, 0.5) is 5.82 Å². The van der Waals surface area contributed by atoms with Crippen molar-refractivity contribution < 1.29 is 4.52 Å². The first-order valence-electron chi connectivity index (χ1n) is 7.02. The van der Waals surface area contributed by atoms with Crippen molar-refractivity contribution >= 4 is 5.82 Å². The Labute approximate surface area is 118 Å². The van der Waals surface area contributed by atoms with Gasteiger partial charge in [0, 0.05) is 12.7 Å². The Morgan fingerprint density at radius 1 is 1.35 bits per heavy atom. The van der Waals surface area contributed by atoms with E-state index in [1.165, 1.54) is 12.8 Å². The highest BCUT2D eigenvalue weighted by atomic mass is 16.5. The fourth-order valence-corrected chi connectivity index (χ4v) is 2.37. The van der Waals surface area contributed by atoms with Crippen molar-refractivity contribution in [2.45, 2.75) is 19.8 Å². The zero-order valence-corrected chi connectivity index (χ0v) is 11.6. The quantitative estimate of drug-likeness (QED) is 0.885. The lowest BCUT2D eigenvalue weighted by Gasteiger charge is -2.22. The van der Waals surface area contributed by atoms with E-state index in [2.05, 4.69) is 25.8 Å². The fourth-order valence-electron chi connectivity index (χ4n) is 2.37. The largest absolute Gasteiger partial charge is 0.370 e. The van der Waals surface area contributed by atoms with Crippen LogP contribution in [0.1, 0.15) is 18.7 Å². The average Bonchev–Trinajstić information content (AvgIpc) is 2.93. The highest BCUT2D eigenvalue weighted by molar-refractivity contribution is 5.53. The van der Waals surface area contributed by atoms with Gasteiger partial charge < -0.3 is 15.2 Å². The lowest BCUT2D eigenvalue weighted by Crippen LogP contribution is -2.31. The van der Waals surface area contributed by atoms with Gasteiger partial charge >= 0.3 is 0 Å². The van der Waals surface area contributed by atoms with Crippen LogP contribution in [0.2, 0.25) is 0 Å². The Morgan fingerprint density at radius 2 is 2.20 bits per heavy atom. The number of hydrogen-bond donors (Lipinski definition) is 2. The van der Waals surface area contributed by atoms with Crippen molar-refractivity contribution in [2.75, 3.05) is 25.0 Å². The Balaban J connectivity index is 1.58. The number of pyridine rings is 1. The van der Waals surface area contributed by atoms with Gasteiger partial charge in [-0.25, -0.2) is 4.98 Å². The van der Waals surface area contributed by atoms with Gasteiger partial charge in [-0.15, -0.1) is 0 Å². The summed E-state index contributed by atoms with van der Waals surface area (Å²) < 4.78 is 5.12. The van der Waals surface area contributed by atoms with Crippen LogP contribution in [0.25, 0.3) is 11.5 Å². The van der Waals surface area contributed by atoms with Crippen LogP contribution in [0.5, 0.6) is 0 Å². The van der Waals surface area contributed by atoms with Gasteiger partial charge in [-0.2, -0.15) is 4.98 Å². The van der Waals surface area contributed by atoms with Gasteiger partial charge in [-0.3, -0.25) is 0 Å². The van der Waals surface area contributed by atoms with Crippen LogP contribution < -0.4 is 10.6 Å². The Hall–Kier alpha value is -1.95. The molecule has 2 aromatic heterocycles. The molecule has 106 valence electrons. The molecule has 0 radical (unpaired) electrons. The average molecular weight is 273 g/mol. The highest BCUT2D eigenvalue weighted by Gasteiger charge is 2.13. The third kappa shape index (κ3) is 3.14. The molecule has 2 aromatic rings. The van der Waals surface area contributed by atoms with E-state index in [1.54, 1.807) is 13.1 Å². The zero-order valence-electron chi connectivity index (χ0n) is 11.6. The van der Waals surface area contributed by atoms with Crippen LogP contribution in [0.15, 0.2) is 22.9 Å². The highest BCUT2D eigenvalue weighted by Crippen LogP contribution is 2.18. The van der Waals surface area contributed by atoms with E-state index in [4.69, 9.17) is 4.52 Å². The van der Waals surface area contributed by atoms with Gasteiger partial charge in [0.05, 0.1) is 5.56 Å². The molecule has 0 saturated carbocycles. The number of nitrogens with one attached hydrogen (secondary N) is 2. The van der Waals surface area contributed by atoms with Gasteiger partial charge in [0.25, 0.3) is 5.89 Å². The lowest BCUT2D eigenvalue weighted by atomic mass is 9.98. The minimum Gasteiger partial charge on any atom is -0.370 e. The van der Waals surface area contributed by atoms with Gasteiger partial charge in [0.15, 0.2) is 5.82 Å². The third-order valence-corrected chi connectivity index (χ3v) is 3.57. The molecule has 0 amide bonds. The maximum atomic E-state index is 5.12. The number of piperidine rings is 1. The summed E-state index contributed by atoms with van der Waals surface area (Å²) in [6.07, 6.45) is 4.22. The molecule has 0 bridgehead atoms. The fraction of sp³-hybridized carbons (Fsp3) is 0.500. The molecule has 6 nitrogen and oxygen atoms in total. The molecule has 1 aliphatic rings. The first kappa shape index (κ1) is 13.1. The number of nitrogens with zero attached hydrogens (tertiary/aromatic N) is 3. The molecule has 6 heteroatoms. The zero-order chi connectivity index (χ0) is 13.8. The summed E-state index contributed by atoms with van der Waals surface area (Å²) in [6, 6.07) is 3.90. The molecule has 1 aliphatic heterocycles. The molecule has 0 atom stereocenters. The molecule has 1 saturated heterocycles. The van der Waals surface area contributed by atoms with Crippen LogP contribution in [-0.2, 0) is 0 Å². The first-order valence-corrected chi connectivity index (χ1v) is 7.02. The molecule has 0 spiro atoms. The van der Waals surface area contributed by atoms with Crippen molar-refractivity contribution in [3.05, 3.63) is 24.2 Å². The maximum Gasteiger partial charge on any atom is 0.259 e. The summed E-state index contributed by atoms with van der Waals surface area (Å²) in [4.78, 5) is 8.58. The van der Waals surface area contributed by atoms with Crippen molar-refractivity contribution in [1.82, 2.24) is 20.4 Å². The second-order valence-electron chi connectivity index (χ2n) is 5.15. The minimum absolute atomic E-state index is 0.514. The van der Waals surface area contributed by atoms with Crippen LogP contribution in [-0.4, -0.2) is 34.8 Å². The van der Waals surface area contributed by atoms with E-state index in [1.807, 2.05) is 12.1 Å². The molecule has 1 fully saturated rings. The summed E-state index contributed by atoms with van der Waals surface area (Å²) in [5.74, 6) is 2.77. The molecule has 0 aromatic carbocycles. The molecule has 0 aliphatic carbocycles.